The number of rotatable bonds is 10. The first kappa shape index (κ1) is 24.5. The van der Waals surface area contributed by atoms with E-state index in [1.807, 2.05) is 35.8 Å². The SMILES string of the molecule is COc1cc(C(=O)OCC(=O)c2cn(CCC#N)c3ccccc23)ccc1OCc1c(C)noc1C. The number of fused-ring (bicyclic) bond motifs is 1. The van der Waals surface area contributed by atoms with Crippen molar-refractivity contribution in [1.29, 1.82) is 5.26 Å². The van der Waals surface area contributed by atoms with Gasteiger partial charge in [-0.2, -0.15) is 5.26 Å². The number of benzene rings is 2. The zero-order chi connectivity index (χ0) is 25.7. The normalized spacial score (nSPS) is 10.7. The van der Waals surface area contributed by atoms with Crippen molar-refractivity contribution in [2.45, 2.75) is 33.4 Å². The van der Waals surface area contributed by atoms with Crippen molar-refractivity contribution in [2.24, 2.45) is 0 Å². The number of hydrogen-bond donors (Lipinski definition) is 0. The van der Waals surface area contributed by atoms with Gasteiger partial charge in [-0.3, -0.25) is 4.79 Å². The molecule has 0 aliphatic heterocycles. The topological polar surface area (TPSA) is 117 Å². The molecule has 0 unspecified atom stereocenters. The lowest BCUT2D eigenvalue weighted by atomic mass is 10.1. The van der Waals surface area contributed by atoms with Crippen LogP contribution in [0.15, 0.2) is 53.2 Å². The Morgan fingerprint density at radius 3 is 2.67 bits per heavy atom. The van der Waals surface area contributed by atoms with Gasteiger partial charge in [0.15, 0.2) is 18.1 Å². The van der Waals surface area contributed by atoms with E-state index in [9.17, 15) is 9.59 Å². The van der Waals surface area contributed by atoms with Crippen molar-refractivity contribution in [3.05, 3.63) is 76.8 Å². The van der Waals surface area contributed by atoms with Crippen molar-refractivity contribution >= 4 is 22.7 Å². The third-order valence-corrected chi connectivity index (χ3v) is 5.84. The molecule has 9 nitrogen and oxygen atoms in total. The Morgan fingerprint density at radius 1 is 1.14 bits per heavy atom. The minimum absolute atomic E-state index is 0.223. The van der Waals surface area contributed by atoms with Gasteiger partial charge >= 0.3 is 5.97 Å². The number of para-hydroxylation sites is 1. The quantitative estimate of drug-likeness (QED) is 0.232. The summed E-state index contributed by atoms with van der Waals surface area (Å²) in [5.41, 5.74) is 3.09. The van der Waals surface area contributed by atoms with Crippen LogP contribution in [0, 0.1) is 25.2 Å². The first-order chi connectivity index (χ1) is 17.4. The van der Waals surface area contributed by atoms with Crippen LogP contribution in [0.3, 0.4) is 0 Å². The van der Waals surface area contributed by atoms with Crippen LogP contribution in [0.5, 0.6) is 11.5 Å². The zero-order valence-corrected chi connectivity index (χ0v) is 20.2. The molecule has 0 atom stereocenters. The van der Waals surface area contributed by atoms with E-state index < -0.39 is 12.6 Å². The van der Waals surface area contributed by atoms with Crippen LogP contribution in [0.2, 0.25) is 0 Å². The van der Waals surface area contributed by atoms with Crippen LogP contribution in [0.1, 0.15) is 44.2 Å². The van der Waals surface area contributed by atoms with Crippen LogP contribution in [0.25, 0.3) is 10.9 Å². The molecule has 2 aromatic heterocycles. The number of carbonyl (C=O) groups excluding carboxylic acids is 2. The van der Waals surface area contributed by atoms with Gasteiger partial charge in [-0.25, -0.2) is 4.79 Å². The van der Waals surface area contributed by atoms with Crippen LogP contribution >= 0.6 is 0 Å². The summed E-state index contributed by atoms with van der Waals surface area (Å²) in [6, 6.07) is 14.2. The molecular formula is C27H25N3O6. The van der Waals surface area contributed by atoms with E-state index in [0.29, 0.717) is 35.8 Å². The van der Waals surface area contributed by atoms with Crippen molar-refractivity contribution in [3.63, 3.8) is 0 Å². The standard InChI is InChI=1S/C27H25N3O6/c1-17-22(18(2)36-29-17)15-34-25-10-9-19(13-26(25)33-3)27(32)35-16-24(31)21-14-30(12-6-11-28)23-8-5-4-7-20(21)23/h4-5,7-10,13-14H,6,12,15-16H2,1-3H3. The van der Waals surface area contributed by atoms with Crippen molar-refractivity contribution < 1.29 is 28.3 Å². The second-order valence-electron chi connectivity index (χ2n) is 8.12. The van der Waals surface area contributed by atoms with E-state index in [0.717, 1.165) is 22.2 Å². The maximum Gasteiger partial charge on any atom is 0.338 e. The summed E-state index contributed by atoms with van der Waals surface area (Å²) >= 11 is 0. The lowest BCUT2D eigenvalue weighted by Crippen LogP contribution is -2.14. The first-order valence-corrected chi connectivity index (χ1v) is 11.3. The molecule has 0 spiro atoms. The van der Waals surface area contributed by atoms with Gasteiger partial charge in [0.2, 0.25) is 5.78 Å². The summed E-state index contributed by atoms with van der Waals surface area (Å²) in [6.07, 6.45) is 2.02. The Balaban J connectivity index is 1.44. The molecule has 2 heterocycles. The van der Waals surface area contributed by atoms with E-state index in [4.69, 9.17) is 24.0 Å². The highest BCUT2D eigenvalue weighted by Crippen LogP contribution is 2.30. The zero-order valence-electron chi connectivity index (χ0n) is 20.2. The second-order valence-corrected chi connectivity index (χ2v) is 8.12. The largest absolute Gasteiger partial charge is 0.493 e. The fourth-order valence-electron chi connectivity index (χ4n) is 3.89. The maximum atomic E-state index is 12.9. The summed E-state index contributed by atoms with van der Waals surface area (Å²) < 4.78 is 23.5. The molecule has 0 fully saturated rings. The molecule has 0 bridgehead atoms. The highest BCUT2D eigenvalue weighted by Gasteiger charge is 2.19. The summed E-state index contributed by atoms with van der Waals surface area (Å²) in [5, 5.41) is 13.6. The number of Topliss-reactive ketones (excluding diaryl/α,β-unsaturated/α-hetero) is 1. The number of ketones is 1. The van der Waals surface area contributed by atoms with E-state index in [2.05, 4.69) is 11.2 Å². The van der Waals surface area contributed by atoms with Crippen molar-refractivity contribution in [1.82, 2.24) is 9.72 Å². The Kier molecular flexibility index (Phi) is 7.35. The van der Waals surface area contributed by atoms with E-state index in [-0.39, 0.29) is 18.0 Å². The third-order valence-electron chi connectivity index (χ3n) is 5.84. The smallest absolute Gasteiger partial charge is 0.338 e. The average Bonchev–Trinajstić information content (AvgIpc) is 3.43. The highest BCUT2D eigenvalue weighted by molar-refractivity contribution is 6.09. The fraction of sp³-hybridized carbons (Fsp3) is 0.259. The number of carbonyl (C=O) groups is 2. The van der Waals surface area contributed by atoms with Gasteiger partial charge in [-0.05, 0) is 38.1 Å². The minimum atomic E-state index is -0.660. The molecule has 0 aliphatic carbocycles. The van der Waals surface area contributed by atoms with Gasteiger partial charge in [0.1, 0.15) is 12.4 Å². The van der Waals surface area contributed by atoms with Crippen molar-refractivity contribution in [3.8, 4) is 17.6 Å². The first-order valence-electron chi connectivity index (χ1n) is 11.3. The third kappa shape index (κ3) is 5.08. The molecular weight excluding hydrogens is 462 g/mol. The Morgan fingerprint density at radius 2 is 1.94 bits per heavy atom. The number of aryl methyl sites for hydroxylation is 3. The van der Waals surface area contributed by atoms with Crippen LogP contribution in [0.4, 0.5) is 0 Å². The highest BCUT2D eigenvalue weighted by atomic mass is 16.5. The lowest BCUT2D eigenvalue weighted by molar-refractivity contribution is 0.0474. The molecule has 36 heavy (non-hydrogen) atoms. The van der Waals surface area contributed by atoms with Crippen molar-refractivity contribution in [2.75, 3.05) is 13.7 Å². The second kappa shape index (κ2) is 10.8. The van der Waals surface area contributed by atoms with Gasteiger partial charge in [0.25, 0.3) is 0 Å². The predicted octanol–water partition coefficient (Wildman–Crippen LogP) is 4.79. The Labute approximate surface area is 207 Å². The maximum absolute atomic E-state index is 12.9. The number of ether oxygens (including phenoxy) is 3. The summed E-state index contributed by atoms with van der Waals surface area (Å²) in [5.74, 6) is 0.469. The molecule has 0 N–H and O–H groups in total. The molecule has 0 radical (unpaired) electrons. The van der Waals surface area contributed by atoms with Crippen LogP contribution in [-0.2, 0) is 17.9 Å². The molecule has 4 aromatic rings. The number of aromatic nitrogens is 2. The molecule has 2 aromatic carbocycles. The fourth-order valence-corrected chi connectivity index (χ4v) is 3.89. The van der Waals surface area contributed by atoms with Gasteiger partial charge in [-0.1, -0.05) is 23.4 Å². The monoisotopic (exact) mass is 487 g/mol. The van der Waals surface area contributed by atoms with Crippen LogP contribution in [-0.4, -0.2) is 35.2 Å². The van der Waals surface area contributed by atoms with Gasteiger partial charge in [-0.15, -0.1) is 0 Å². The molecule has 4 rings (SSSR count). The Hall–Kier alpha value is -4.58. The molecule has 0 amide bonds. The van der Waals surface area contributed by atoms with E-state index in [1.54, 1.807) is 25.3 Å². The number of hydrogen-bond acceptors (Lipinski definition) is 8. The van der Waals surface area contributed by atoms with E-state index >= 15 is 0 Å². The summed E-state index contributed by atoms with van der Waals surface area (Å²) in [4.78, 5) is 25.6. The van der Waals surface area contributed by atoms with Crippen LogP contribution < -0.4 is 9.47 Å². The molecule has 0 aliphatic rings. The van der Waals surface area contributed by atoms with Gasteiger partial charge in [0.05, 0.1) is 36.4 Å². The number of nitriles is 1. The minimum Gasteiger partial charge on any atom is -0.493 e. The van der Waals surface area contributed by atoms with Gasteiger partial charge < -0.3 is 23.3 Å². The molecule has 9 heteroatoms. The molecule has 0 saturated heterocycles. The van der Waals surface area contributed by atoms with E-state index in [1.165, 1.54) is 13.2 Å². The summed E-state index contributed by atoms with van der Waals surface area (Å²) in [6.45, 7) is 3.92. The molecule has 184 valence electrons. The Bertz CT molecular complexity index is 1440. The number of nitrogens with zero attached hydrogens (tertiary/aromatic N) is 3. The number of methoxy groups -OCH3 is 1. The molecule has 0 saturated carbocycles. The predicted molar refractivity (Wildman–Crippen MR) is 130 cm³/mol. The lowest BCUT2D eigenvalue weighted by Gasteiger charge is -2.12. The summed E-state index contributed by atoms with van der Waals surface area (Å²) in [7, 11) is 1.47. The average molecular weight is 488 g/mol. The van der Waals surface area contributed by atoms with Gasteiger partial charge in [0, 0.05) is 29.2 Å². The number of esters is 1.